The fourth-order valence-corrected chi connectivity index (χ4v) is 5.29. The number of amides is 2. The number of hydrogen-bond acceptors (Lipinski definition) is 2. The Morgan fingerprint density at radius 1 is 1.12 bits per heavy atom. The summed E-state index contributed by atoms with van der Waals surface area (Å²) in [6.07, 6.45) is 6.37. The molecule has 4 atom stereocenters. The maximum Gasteiger partial charge on any atom is 0.238 e. The highest BCUT2D eigenvalue weighted by atomic mass is 35.5. The molecule has 0 unspecified atom stereocenters. The molecule has 24 heavy (non-hydrogen) atoms. The van der Waals surface area contributed by atoms with Crippen molar-refractivity contribution in [1.29, 1.82) is 0 Å². The molecule has 3 nitrogen and oxygen atoms in total. The Balaban J connectivity index is 1.86. The lowest BCUT2D eigenvalue weighted by molar-refractivity contribution is -0.135. The Bertz CT molecular complexity index is 771. The Hall–Kier alpha value is -1.61. The van der Waals surface area contributed by atoms with Crippen LogP contribution in [-0.2, 0) is 9.59 Å². The molecule has 1 saturated carbocycles. The maximum absolute atomic E-state index is 13.3. The number of benzene rings is 1. The summed E-state index contributed by atoms with van der Waals surface area (Å²) in [5.41, 5.74) is 0.165. The Labute approximate surface area is 147 Å². The molecule has 3 aliphatic carbocycles. The number of halogens is 1. The van der Waals surface area contributed by atoms with Crippen LogP contribution in [0.15, 0.2) is 36.4 Å². The zero-order valence-corrected chi connectivity index (χ0v) is 15.0. The number of nitrogens with zero attached hydrogens (tertiary/aromatic N) is 1. The third kappa shape index (κ3) is 1.85. The number of anilines is 1. The van der Waals surface area contributed by atoms with Gasteiger partial charge in [0.15, 0.2) is 0 Å². The van der Waals surface area contributed by atoms with Crippen molar-refractivity contribution in [2.45, 2.75) is 33.6 Å². The van der Waals surface area contributed by atoms with Crippen molar-refractivity contribution in [2.75, 3.05) is 4.90 Å². The smallest absolute Gasteiger partial charge is 0.238 e. The molecule has 1 aromatic carbocycles. The molecule has 2 fully saturated rings. The minimum atomic E-state index is -0.259. The van der Waals surface area contributed by atoms with Gasteiger partial charge in [0.1, 0.15) is 0 Å². The van der Waals surface area contributed by atoms with Crippen molar-refractivity contribution >= 4 is 29.1 Å². The number of fused-ring (bicyclic) bond motifs is 1. The van der Waals surface area contributed by atoms with Crippen molar-refractivity contribution < 1.29 is 9.59 Å². The Morgan fingerprint density at radius 2 is 1.83 bits per heavy atom. The average molecular weight is 344 g/mol. The summed E-state index contributed by atoms with van der Waals surface area (Å²) >= 11 is 6.08. The van der Waals surface area contributed by atoms with Gasteiger partial charge in [0.25, 0.3) is 0 Å². The van der Waals surface area contributed by atoms with Crippen LogP contribution in [0.4, 0.5) is 5.69 Å². The second-order valence-corrected chi connectivity index (χ2v) is 8.49. The summed E-state index contributed by atoms with van der Waals surface area (Å²) in [6, 6.07) is 7.03. The second kappa shape index (κ2) is 4.95. The van der Waals surface area contributed by atoms with Crippen molar-refractivity contribution in [2.24, 2.45) is 28.6 Å². The molecule has 4 heteroatoms. The van der Waals surface area contributed by atoms with E-state index in [1.54, 1.807) is 24.3 Å². The first-order valence-corrected chi connectivity index (χ1v) is 9.02. The first-order chi connectivity index (χ1) is 11.3. The highest BCUT2D eigenvalue weighted by molar-refractivity contribution is 6.31. The molecule has 1 saturated heterocycles. The normalized spacial score (nSPS) is 37.5. The first kappa shape index (κ1) is 15.9. The van der Waals surface area contributed by atoms with E-state index in [1.165, 1.54) is 4.90 Å². The standard InChI is InChI=1S/C20H22ClNO2/c1-12(2)20-9-7-19(3,8-10-20)15-16(20)18(24)22(17(15)23)14-6-4-5-13(21)11-14/h4-7,9,11-12,15-16H,8,10H2,1-3H3/t15-,16-,19+,20-/m1/s1. The molecule has 0 radical (unpaired) electrons. The molecule has 1 aliphatic heterocycles. The van der Waals surface area contributed by atoms with Gasteiger partial charge in [-0.25, -0.2) is 4.90 Å². The Kier molecular flexibility index (Phi) is 3.28. The average Bonchev–Trinajstić information content (AvgIpc) is 2.82. The minimum absolute atomic E-state index is 0.0590. The van der Waals surface area contributed by atoms with Gasteiger partial charge in [-0.05, 0) is 42.4 Å². The lowest BCUT2D eigenvalue weighted by Gasteiger charge is -2.55. The van der Waals surface area contributed by atoms with E-state index in [-0.39, 0.29) is 34.5 Å². The number of rotatable bonds is 2. The summed E-state index contributed by atoms with van der Waals surface area (Å²) in [4.78, 5) is 28.0. The topological polar surface area (TPSA) is 37.4 Å². The van der Waals surface area contributed by atoms with Crippen molar-refractivity contribution in [3.63, 3.8) is 0 Å². The molecular weight excluding hydrogens is 322 g/mol. The van der Waals surface area contributed by atoms with E-state index in [2.05, 4.69) is 32.9 Å². The lowest BCUT2D eigenvalue weighted by atomic mass is 9.46. The van der Waals surface area contributed by atoms with Crippen molar-refractivity contribution in [1.82, 2.24) is 0 Å². The first-order valence-electron chi connectivity index (χ1n) is 8.64. The quantitative estimate of drug-likeness (QED) is 0.587. The summed E-state index contributed by atoms with van der Waals surface area (Å²) in [6.45, 7) is 6.45. The van der Waals surface area contributed by atoms with Gasteiger partial charge in [-0.1, -0.05) is 50.6 Å². The predicted octanol–water partition coefficient (Wildman–Crippen LogP) is 4.46. The Morgan fingerprint density at radius 3 is 2.42 bits per heavy atom. The third-order valence-electron chi connectivity index (χ3n) is 6.61. The highest BCUT2D eigenvalue weighted by Crippen LogP contribution is 2.64. The van der Waals surface area contributed by atoms with E-state index in [9.17, 15) is 9.59 Å². The van der Waals surface area contributed by atoms with E-state index >= 15 is 0 Å². The fraction of sp³-hybridized carbons (Fsp3) is 0.500. The molecule has 4 aliphatic rings. The van der Waals surface area contributed by atoms with E-state index in [1.807, 2.05) is 0 Å². The van der Waals surface area contributed by atoms with Crippen LogP contribution in [0, 0.1) is 28.6 Å². The van der Waals surface area contributed by atoms with Gasteiger partial charge >= 0.3 is 0 Å². The number of hydrogen-bond donors (Lipinski definition) is 0. The highest BCUT2D eigenvalue weighted by Gasteiger charge is 2.67. The monoisotopic (exact) mass is 343 g/mol. The number of allylic oxidation sites excluding steroid dienone is 2. The van der Waals surface area contributed by atoms with E-state index in [0.717, 1.165) is 12.8 Å². The van der Waals surface area contributed by atoms with Gasteiger partial charge < -0.3 is 0 Å². The summed E-state index contributed by atoms with van der Waals surface area (Å²) in [7, 11) is 0. The molecule has 0 aromatic heterocycles. The number of carbonyl (C=O) groups excluding carboxylic acids is 2. The van der Waals surface area contributed by atoms with E-state index < -0.39 is 0 Å². The van der Waals surface area contributed by atoms with Gasteiger partial charge in [0.2, 0.25) is 11.8 Å². The summed E-state index contributed by atoms with van der Waals surface area (Å²) in [5.74, 6) is -0.319. The zero-order chi connectivity index (χ0) is 17.3. The van der Waals surface area contributed by atoms with Crippen LogP contribution in [0.3, 0.4) is 0 Å². The van der Waals surface area contributed by atoms with Crippen LogP contribution in [0.1, 0.15) is 33.6 Å². The van der Waals surface area contributed by atoms with Gasteiger partial charge in [-0.2, -0.15) is 0 Å². The molecule has 126 valence electrons. The second-order valence-electron chi connectivity index (χ2n) is 8.05. The van der Waals surface area contributed by atoms with Crippen LogP contribution in [-0.4, -0.2) is 11.8 Å². The summed E-state index contributed by atoms with van der Waals surface area (Å²) in [5, 5.41) is 0.536. The van der Waals surface area contributed by atoms with E-state index in [0.29, 0.717) is 16.6 Å². The zero-order valence-electron chi connectivity index (χ0n) is 14.3. The minimum Gasteiger partial charge on any atom is -0.274 e. The fourth-order valence-electron chi connectivity index (χ4n) is 5.10. The molecule has 2 bridgehead atoms. The van der Waals surface area contributed by atoms with Gasteiger partial charge in [-0.15, -0.1) is 0 Å². The van der Waals surface area contributed by atoms with Gasteiger partial charge in [-0.3, -0.25) is 9.59 Å². The SMILES string of the molecule is CC(C)[C@@]12C=C[C@@](C)(CC1)[C@H]1C(=O)N(c3cccc(Cl)c3)C(=O)[C@@H]12. The van der Waals surface area contributed by atoms with Crippen molar-refractivity contribution in [3.05, 3.63) is 41.4 Å². The number of imide groups is 1. The van der Waals surface area contributed by atoms with Gasteiger partial charge in [0, 0.05) is 10.4 Å². The molecule has 2 amide bonds. The third-order valence-corrected chi connectivity index (χ3v) is 6.84. The van der Waals surface area contributed by atoms with Crippen molar-refractivity contribution in [3.8, 4) is 0 Å². The lowest BCUT2D eigenvalue weighted by Crippen LogP contribution is -2.53. The van der Waals surface area contributed by atoms with Crippen LogP contribution in [0.25, 0.3) is 0 Å². The largest absolute Gasteiger partial charge is 0.274 e. The predicted molar refractivity (Wildman–Crippen MR) is 94.7 cm³/mol. The molecule has 0 spiro atoms. The van der Waals surface area contributed by atoms with Crippen LogP contribution in [0.2, 0.25) is 5.02 Å². The molecule has 0 N–H and O–H groups in total. The van der Waals surface area contributed by atoms with Crippen LogP contribution < -0.4 is 4.90 Å². The molecular formula is C20H22ClNO2. The molecule has 1 aromatic rings. The molecule has 1 heterocycles. The van der Waals surface area contributed by atoms with Gasteiger partial charge in [0.05, 0.1) is 17.5 Å². The van der Waals surface area contributed by atoms with Crippen LogP contribution >= 0.6 is 11.6 Å². The molecule has 5 rings (SSSR count). The van der Waals surface area contributed by atoms with Crippen LogP contribution in [0.5, 0.6) is 0 Å². The number of carbonyl (C=O) groups is 2. The summed E-state index contributed by atoms with van der Waals surface area (Å²) < 4.78 is 0. The maximum atomic E-state index is 13.3. The van der Waals surface area contributed by atoms with E-state index in [4.69, 9.17) is 11.6 Å².